The summed E-state index contributed by atoms with van der Waals surface area (Å²) < 4.78 is 2.18. The van der Waals surface area contributed by atoms with Crippen molar-refractivity contribution >= 4 is 23.5 Å². The lowest BCUT2D eigenvalue weighted by atomic mass is 9.64. The molecular weight excluding hydrogens is 394 g/mol. The second-order valence-electron chi connectivity index (χ2n) is 9.91. The summed E-state index contributed by atoms with van der Waals surface area (Å²) in [5.41, 5.74) is 10.8. The van der Waals surface area contributed by atoms with Crippen molar-refractivity contribution in [2.24, 2.45) is 5.41 Å². The fourth-order valence-electron chi connectivity index (χ4n) is 5.38. The molecule has 1 fully saturated rings. The second kappa shape index (κ2) is 7.02. The monoisotopic (exact) mass is 421 g/mol. The first-order valence-electron chi connectivity index (χ1n) is 11.4. The third-order valence-electron chi connectivity index (χ3n) is 6.93. The molecule has 0 amide bonds. The van der Waals surface area contributed by atoms with Gasteiger partial charge in [-0.15, -0.1) is 0 Å². The Kier molecular flexibility index (Phi) is 4.22. The Morgan fingerprint density at radius 2 is 1.84 bits per heavy atom. The molecule has 1 saturated carbocycles. The number of fused-ring (bicyclic) bond motifs is 2. The van der Waals surface area contributed by atoms with Gasteiger partial charge in [-0.25, -0.2) is 15.0 Å². The number of nitrogens with zero attached hydrogens (tertiary/aromatic N) is 4. The lowest BCUT2D eigenvalue weighted by molar-refractivity contribution is 0.145. The topological polar surface area (TPSA) is 69.1 Å². The predicted octanol–water partition coefficient (Wildman–Crippen LogP) is 4.03. The minimum Gasteiger partial charge on any atom is -0.382 e. The second-order valence-corrected chi connectivity index (χ2v) is 9.91. The molecule has 4 aromatic rings. The molecule has 160 valence electrons. The van der Waals surface area contributed by atoms with Crippen LogP contribution in [-0.2, 0) is 0 Å². The van der Waals surface area contributed by atoms with E-state index in [4.69, 9.17) is 15.7 Å². The molecule has 2 aliphatic carbocycles. The maximum Gasteiger partial charge on any atom is 0.149 e. The molecule has 1 aromatic carbocycles. The average Bonchev–Trinajstić information content (AvgIpc) is 3.18. The van der Waals surface area contributed by atoms with Gasteiger partial charge in [-0.3, -0.25) is 4.40 Å². The number of hydrogen-bond acceptors (Lipinski definition) is 4. The van der Waals surface area contributed by atoms with Gasteiger partial charge in [0.15, 0.2) is 0 Å². The Hall–Kier alpha value is -3.47. The maximum atomic E-state index is 6.37. The van der Waals surface area contributed by atoms with Gasteiger partial charge < -0.3 is 5.73 Å². The first-order valence-corrected chi connectivity index (χ1v) is 11.4. The van der Waals surface area contributed by atoms with Crippen molar-refractivity contribution in [3.05, 3.63) is 76.9 Å². The highest BCUT2D eigenvalue weighted by molar-refractivity contribution is 5.72. The van der Waals surface area contributed by atoms with E-state index >= 15 is 0 Å². The minimum atomic E-state index is 0.129. The van der Waals surface area contributed by atoms with Gasteiger partial charge in [0.25, 0.3) is 0 Å². The molecule has 2 N–H and O–H groups in total. The number of pyridine rings is 1. The van der Waals surface area contributed by atoms with Gasteiger partial charge in [-0.05, 0) is 42.0 Å². The highest BCUT2D eigenvalue weighted by Gasteiger charge is 2.40. The van der Waals surface area contributed by atoms with Crippen LogP contribution in [0.15, 0.2) is 54.9 Å². The normalized spacial score (nSPS) is 19.6. The first kappa shape index (κ1) is 19.2. The van der Waals surface area contributed by atoms with Crippen LogP contribution in [0.1, 0.15) is 56.5 Å². The van der Waals surface area contributed by atoms with Gasteiger partial charge >= 0.3 is 0 Å². The fourth-order valence-corrected chi connectivity index (χ4v) is 5.38. The van der Waals surface area contributed by atoms with E-state index in [-0.39, 0.29) is 5.92 Å². The fraction of sp³-hybridized carbons (Fsp3) is 0.296. The van der Waals surface area contributed by atoms with E-state index in [1.54, 1.807) is 6.20 Å². The highest BCUT2D eigenvalue weighted by Crippen LogP contribution is 2.50. The van der Waals surface area contributed by atoms with E-state index in [0.717, 1.165) is 52.9 Å². The Morgan fingerprint density at radius 3 is 2.62 bits per heavy atom. The molecule has 0 aliphatic heterocycles. The molecule has 3 aromatic heterocycles. The number of rotatable bonds is 3. The summed E-state index contributed by atoms with van der Waals surface area (Å²) in [6.45, 7) is 4.65. The molecule has 1 atom stereocenters. The molecule has 5 heteroatoms. The maximum absolute atomic E-state index is 6.37. The van der Waals surface area contributed by atoms with Crippen molar-refractivity contribution in [2.45, 2.75) is 44.9 Å². The van der Waals surface area contributed by atoms with Gasteiger partial charge in [0.2, 0.25) is 0 Å². The van der Waals surface area contributed by atoms with Crippen molar-refractivity contribution < 1.29 is 0 Å². The van der Waals surface area contributed by atoms with Gasteiger partial charge in [-0.1, -0.05) is 56.3 Å². The summed E-state index contributed by atoms with van der Waals surface area (Å²) in [5, 5.41) is 2.19. The van der Waals surface area contributed by atoms with Gasteiger partial charge in [0.05, 0.1) is 16.7 Å². The van der Waals surface area contributed by atoms with Gasteiger partial charge in [0.1, 0.15) is 17.2 Å². The van der Waals surface area contributed by atoms with Crippen LogP contribution in [0.3, 0.4) is 0 Å². The third kappa shape index (κ3) is 3.11. The Morgan fingerprint density at radius 1 is 1.03 bits per heavy atom. The molecular formula is C27H27N5. The van der Waals surface area contributed by atoms with Crippen LogP contribution in [-0.4, -0.2) is 19.4 Å². The third-order valence-corrected chi connectivity index (χ3v) is 6.93. The first-order chi connectivity index (χ1) is 15.5. The average molecular weight is 422 g/mol. The SMILES string of the molecule is CC1(C)CC(c2nc(C3C=c4nc(-c5ccccc5)ccc4=CC3)c3c(N)nccn23)C1. The molecule has 0 spiro atoms. The Balaban J connectivity index is 1.46. The van der Waals surface area contributed by atoms with Crippen LogP contribution < -0.4 is 16.3 Å². The van der Waals surface area contributed by atoms with Crippen molar-refractivity contribution in [3.8, 4) is 11.3 Å². The Labute approximate surface area is 187 Å². The number of anilines is 1. The summed E-state index contributed by atoms with van der Waals surface area (Å²) >= 11 is 0. The molecule has 0 bridgehead atoms. The molecule has 3 heterocycles. The zero-order chi connectivity index (χ0) is 21.9. The van der Waals surface area contributed by atoms with Crippen molar-refractivity contribution in [1.29, 1.82) is 0 Å². The van der Waals surface area contributed by atoms with E-state index in [0.29, 0.717) is 17.2 Å². The summed E-state index contributed by atoms with van der Waals surface area (Å²) in [4.78, 5) is 14.5. The summed E-state index contributed by atoms with van der Waals surface area (Å²) in [7, 11) is 0. The van der Waals surface area contributed by atoms with Gasteiger partial charge in [0, 0.05) is 29.8 Å². The van der Waals surface area contributed by atoms with E-state index in [1.165, 1.54) is 5.22 Å². The van der Waals surface area contributed by atoms with Crippen LogP contribution in [0.2, 0.25) is 0 Å². The van der Waals surface area contributed by atoms with Crippen LogP contribution in [0.25, 0.3) is 28.9 Å². The number of imidazole rings is 1. The molecule has 32 heavy (non-hydrogen) atoms. The molecule has 0 saturated heterocycles. The van der Waals surface area contributed by atoms with Crippen molar-refractivity contribution in [2.75, 3.05) is 5.73 Å². The summed E-state index contributed by atoms with van der Waals surface area (Å²) in [6.07, 6.45) is 11.5. The van der Waals surface area contributed by atoms with E-state index in [1.807, 2.05) is 24.4 Å². The quantitative estimate of drug-likeness (QED) is 0.542. The highest BCUT2D eigenvalue weighted by atomic mass is 15.1. The van der Waals surface area contributed by atoms with Crippen molar-refractivity contribution in [3.63, 3.8) is 0 Å². The van der Waals surface area contributed by atoms with Crippen molar-refractivity contribution in [1.82, 2.24) is 19.4 Å². The number of benzene rings is 1. The standard InChI is InChI=1S/C27H27N5/c1-27(2)15-20(16-27)26-31-23(24-25(28)29-12-13-32(24)26)19-9-8-18-10-11-21(30-22(18)14-19)17-6-4-3-5-7-17/h3-8,10-14,19-20H,9,15-16H2,1-2H3,(H2,28,29). The van der Waals surface area contributed by atoms with Crippen LogP contribution >= 0.6 is 0 Å². The smallest absolute Gasteiger partial charge is 0.149 e. The zero-order valence-corrected chi connectivity index (χ0v) is 18.5. The lowest BCUT2D eigenvalue weighted by Gasteiger charge is -2.41. The van der Waals surface area contributed by atoms with Crippen LogP contribution in [0.4, 0.5) is 5.82 Å². The van der Waals surface area contributed by atoms with E-state index < -0.39 is 0 Å². The predicted molar refractivity (Wildman–Crippen MR) is 128 cm³/mol. The van der Waals surface area contributed by atoms with Crippen LogP contribution in [0.5, 0.6) is 0 Å². The lowest BCUT2D eigenvalue weighted by Crippen LogP contribution is -2.32. The molecule has 2 aliphatic rings. The number of nitrogen functional groups attached to an aromatic ring is 1. The zero-order valence-electron chi connectivity index (χ0n) is 18.5. The van der Waals surface area contributed by atoms with E-state index in [2.05, 4.69) is 59.6 Å². The molecule has 0 radical (unpaired) electrons. The van der Waals surface area contributed by atoms with E-state index in [9.17, 15) is 0 Å². The largest absolute Gasteiger partial charge is 0.382 e. The van der Waals surface area contributed by atoms with Gasteiger partial charge in [-0.2, -0.15) is 0 Å². The van der Waals surface area contributed by atoms with Crippen LogP contribution in [0, 0.1) is 5.41 Å². The number of hydrogen-bond donors (Lipinski definition) is 1. The summed E-state index contributed by atoms with van der Waals surface area (Å²) in [5.74, 6) is 2.26. The molecule has 1 unspecified atom stereocenters. The molecule has 6 rings (SSSR count). The number of aromatic nitrogens is 4. The Bertz CT molecular complexity index is 1440. The molecule has 5 nitrogen and oxygen atoms in total. The minimum absolute atomic E-state index is 0.129. The summed E-state index contributed by atoms with van der Waals surface area (Å²) in [6, 6.07) is 14.6. The number of nitrogens with two attached hydrogens (primary N) is 1.